The van der Waals surface area contributed by atoms with E-state index in [4.69, 9.17) is 12.2 Å². The molecule has 4 heteroatoms. The van der Waals surface area contributed by atoms with Crippen LogP contribution in [0.25, 0.3) is 0 Å². The van der Waals surface area contributed by atoms with Crippen LogP contribution in [-0.2, 0) is 0 Å². The number of hydrogen-bond donors (Lipinski definition) is 1. The Labute approximate surface area is 107 Å². The molecule has 0 bridgehead atoms. The van der Waals surface area contributed by atoms with Gasteiger partial charge >= 0.3 is 29.6 Å². The van der Waals surface area contributed by atoms with Crippen molar-refractivity contribution in [2.45, 2.75) is 0 Å². The van der Waals surface area contributed by atoms with E-state index in [1.165, 1.54) is 0 Å². The Bertz CT molecular complexity index is 256. The van der Waals surface area contributed by atoms with Crippen molar-refractivity contribution in [3.8, 4) is 0 Å². The van der Waals surface area contributed by atoms with Gasteiger partial charge in [0.1, 0.15) is 4.32 Å². The van der Waals surface area contributed by atoms with Gasteiger partial charge in [0, 0.05) is 12.7 Å². The Morgan fingerprint density at radius 1 is 1.42 bits per heavy atom. The van der Waals surface area contributed by atoms with Crippen LogP contribution < -0.4 is 34.5 Å². The minimum atomic E-state index is 0. The third-order valence-electron chi connectivity index (χ3n) is 1.43. The average molecular weight is 207 g/mol. The first-order valence-electron chi connectivity index (χ1n) is 3.23. The van der Waals surface area contributed by atoms with E-state index in [0.717, 1.165) is 5.69 Å². The minimum absolute atomic E-state index is 0. The van der Waals surface area contributed by atoms with Crippen molar-refractivity contribution in [3.63, 3.8) is 0 Å². The quantitative estimate of drug-likeness (QED) is 0.374. The van der Waals surface area contributed by atoms with Gasteiger partial charge in [-0.05, 0) is 12.1 Å². The van der Waals surface area contributed by atoms with Gasteiger partial charge in [0.15, 0.2) is 0 Å². The molecule has 0 N–H and O–H groups in total. The monoisotopic (exact) mass is 207 g/mol. The molecule has 0 aromatic heterocycles. The number of para-hydroxylation sites is 1. The molecule has 0 unspecified atom stereocenters. The summed E-state index contributed by atoms with van der Waals surface area (Å²) in [6, 6.07) is 9.89. The summed E-state index contributed by atoms with van der Waals surface area (Å²) in [6.07, 6.45) is 0. The summed E-state index contributed by atoms with van der Waals surface area (Å²) < 4.78 is 0.580. The Morgan fingerprint density at radius 2 is 1.92 bits per heavy atom. The third kappa shape index (κ3) is 3.46. The van der Waals surface area contributed by atoms with Crippen LogP contribution in [0, 0.1) is 0 Å². The van der Waals surface area contributed by atoms with Crippen LogP contribution in [0.2, 0.25) is 0 Å². The predicted molar refractivity (Wildman–Crippen MR) is 57.5 cm³/mol. The fraction of sp³-hybridized carbons (Fsp3) is 0.125. The van der Waals surface area contributed by atoms with Gasteiger partial charge in [-0.2, -0.15) is 0 Å². The van der Waals surface area contributed by atoms with Crippen molar-refractivity contribution in [1.82, 2.24) is 0 Å². The van der Waals surface area contributed by atoms with E-state index in [-0.39, 0.29) is 31.0 Å². The van der Waals surface area contributed by atoms with Crippen LogP contribution in [0.1, 0.15) is 1.43 Å². The molecule has 0 radical (unpaired) electrons. The average Bonchev–Trinajstić information content (AvgIpc) is 2.05. The number of hydrogen-bond acceptors (Lipinski definition) is 1. The van der Waals surface area contributed by atoms with Gasteiger partial charge in [-0.15, -0.1) is 12.6 Å². The van der Waals surface area contributed by atoms with Crippen molar-refractivity contribution < 1.29 is 31.0 Å². The van der Waals surface area contributed by atoms with Crippen molar-refractivity contribution >= 4 is 34.9 Å². The van der Waals surface area contributed by atoms with Gasteiger partial charge < -0.3 is 6.33 Å². The van der Waals surface area contributed by atoms with Crippen LogP contribution >= 0.6 is 24.8 Å². The van der Waals surface area contributed by atoms with Gasteiger partial charge in [-0.1, -0.05) is 30.4 Å². The second kappa shape index (κ2) is 6.00. The first-order valence-corrected chi connectivity index (χ1v) is 4.09. The number of thiol groups is 1. The molecule has 12 heavy (non-hydrogen) atoms. The summed E-state index contributed by atoms with van der Waals surface area (Å²) in [5.41, 5.74) is 1.06. The zero-order valence-corrected chi connectivity index (χ0v) is 10.9. The maximum absolute atomic E-state index is 4.89. The number of thiocarbonyl (C=S) groups is 1. The van der Waals surface area contributed by atoms with Gasteiger partial charge in [0.05, 0.1) is 0 Å². The molecule has 60 valence electrons. The molecule has 0 aliphatic carbocycles. The second-order valence-corrected chi connectivity index (χ2v) is 3.29. The van der Waals surface area contributed by atoms with Gasteiger partial charge in [-0.25, -0.2) is 0 Å². The number of nitrogens with zero attached hydrogens (tertiary/aromatic N) is 1. The van der Waals surface area contributed by atoms with Gasteiger partial charge in [-0.3, -0.25) is 0 Å². The van der Waals surface area contributed by atoms with Crippen molar-refractivity contribution in [1.29, 1.82) is 0 Å². The number of rotatable bonds is 1. The summed E-state index contributed by atoms with van der Waals surface area (Å²) in [5, 5.41) is 0. The molecule has 1 aromatic carbocycles. The van der Waals surface area contributed by atoms with E-state index >= 15 is 0 Å². The molecule has 0 aliphatic rings. The Kier molecular flexibility index (Phi) is 6.23. The molecule has 1 nitrogen and oxygen atoms in total. The van der Waals surface area contributed by atoms with Gasteiger partial charge in [0.25, 0.3) is 0 Å². The zero-order valence-electron chi connectivity index (χ0n) is 8.19. The summed E-state index contributed by atoms with van der Waals surface area (Å²) in [6.45, 7) is 0. The molecule has 0 atom stereocenters. The molecule has 0 spiro atoms. The maximum Gasteiger partial charge on any atom is 1.00 e. The van der Waals surface area contributed by atoms with Crippen molar-refractivity contribution in [2.75, 3.05) is 11.9 Å². The molecule has 1 aromatic rings. The fourth-order valence-electron chi connectivity index (χ4n) is 0.762. The van der Waals surface area contributed by atoms with E-state index in [9.17, 15) is 0 Å². The van der Waals surface area contributed by atoms with Crippen LogP contribution in [0.4, 0.5) is 5.69 Å². The van der Waals surface area contributed by atoms with E-state index in [1.807, 2.05) is 42.3 Å². The summed E-state index contributed by atoms with van der Waals surface area (Å²) in [4.78, 5) is 1.85. The molecule has 1 rings (SSSR count). The van der Waals surface area contributed by atoms with Crippen LogP contribution in [0.3, 0.4) is 0 Å². The van der Waals surface area contributed by atoms with Crippen LogP contribution in [0.5, 0.6) is 0 Å². The molecule has 0 heterocycles. The molecule has 0 saturated heterocycles. The zero-order chi connectivity index (χ0) is 8.27. The molecular formula is C8H10NNaS2. The first kappa shape index (κ1) is 12.5. The Hall–Kier alpha value is 0.460. The SMILES string of the molecule is CN(C(=S)S)c1ccccc1.[H-].[Na+]. The van der Waals surface area contributed by atoms with E-state index in [2.05, 4.69) is 12.6 Å². The third-order valence-corrected chi connectivity index (χ3v) is 2.00. The maximum atomic E-state index is 4.89. The molecule has 0 aliphatic heterocycles. The number of anilines is 1. The van der Waals surface area contributed by atoms with E-state index in [1.54, 1.807) is 0 Å². The van der Waals surface area contributed by atoms with E-state index < -0.39 is 0 Å². The van der Waals surface area contributed by atoms with Gasteiger partial charge in [0.2, 0.25) is 0 Å². The summed E-state index contributed by atoms with van der Waals surface area (Å²) in [7, 11) is 1.89. The second-order valence-electron chi connectivity index (χ2n) is 2.18. The van der Waals surface area contributed by atoms with Crippen molar-refractivity contribution in [3.05, 3.63) is 30.3 Å². The molecule has 0 amide bonds. The standard InChI is InChI=1S/C8H9NS2.Na.H/c1-9(8(10)11)7-5-3-2-4-6-7;;/h2-6H,1H3,(H,10,11);;/q;+1;-1. The Morgan fingerprint density at radius 3 is 2.33 bits per heavy atom. The van der Waals surface area contributed by atoms with Crippen molar-refractivity contribution in [2.24, 2.45) is 0 Å². The normalized spacial score (nSPS) is 8.50. The molecular weight excluding hydrogens is 197 g/mol. The summed E-state index contributed by atoms with van der Waals surface area (Å²) in [5.74, 6) is 0. The predicted octanol–water partition coefficient (Wildman–Crippen LogP) is -0.546. The Balaban J connectivity index is 0. The van der Waals surface area contributed by atoms with Crippen LogP contribution in [-0.4, -0.2) is 11.4 Å². The van der Waals surface area contributed by atoms with E-state index in [0.29, 0.717) is 4.32 Å². The fourth-order valence-corrected chi connectivity index (χ4v) is 0.983. The summed E-state index contributed by atoms with van der Waals surface area (Å²) >= 11 is 8.95. The van der Waals surface area contributed by atoms with Crippen LogP contribution in [0.15, 0.2) is 30.3 Å². The topological polar surface area (TPSA) is 3.24 Å². The molecule has 0 saturated carbocycles. The number of benzene rings is 1. The smallest absolute Gasteiger partial charge is 1.00 e. The molecule has 0 fully saturated rings. The largest absolute Gasteiger partial charge is 1.00 e. The minimum Gasteiger partial charge on any atom is -1.00 e. The first-order chi connectivity index (χ1) is 5.22.